The molecule has 1 N–H and O–H groups in total. The summed E-state index contributed by atoms with van der Waals surface area (Å²) in [6, 6.07) is 0. The van der Waals surface area contributed by atoms with Gasteiger partial charge in [-0.3, -0.25) is 0 Å². The molecule has 0 heterocycles. The van der Waals surface area contributed by atoms with Gasteiger partial charge in [-0.1, -0.05) is 72.1 Å². The van der Waals surface area contributed by atoms with Gasteiger partial charge in [0.25, 0.3) is 0 Å². The molecule has 0 spiro atoms. The normalized spacial score (nSPS) is 47.6. The van der Waals surface area contributed by atoms with E-state index >= 15 is 0 Å². The summed E-state index contributed by atoms with van der Waals surface area (Å²) in [5.41, 5.74) is -2.06. The lowest BCUT2D eigenvalue weighted by molar-refractivity contribution is -0.290. The number of hydrogen-bond donors (Lipinski definition) is 1. The lowest BCUT2D eigenvalue weighted by atomic mass is 9.43. The van der Waals surface area contributed by atoms with Crippen molar-refractivity contribution in [2.45, 2.75) is 142 Å². The molecule has 0 amide bonds. The third-order valence-electron chi connectivity index (χ3n) is 13.0. The standard InChI is InChI=1S/C31H51F3O/c1-21(8-7-11-22-9-5-4-6-10-22)25-14-15-26-24-13-12-23-20-30(35,31(32,33)34)19-18-28(23,2)27(24)16-17-29(25,26)3/h21-27,35H,4-20H2,1-3H3/t21-,23+,24+,25-,26+,27+,28+,29-,30+/m1/s1. The Balaban J connectivity index is 1.22. The van der Waals surface area contributed by atoms with Crippen molar-refractivity contribution < 1.29 is 18.3 Å². The van der Waals surface area contributed by atoms with Gasteiger partial charge >= 0.3 is 6.18 Å². The van der Waals surface area contributed by atoms with Gasteiger partial charge in [-0.25, -0.2) is 0 Å². The molecule has 0 radical (unpaired) electrons. The second-order valence-electron chi connectivity index (χ2n) is 14.5. The van der Waals surface area contributed by atoms with Crippen molar-refractivity contribution in [3.05, 3.63) is 0 Å². The summed E-state index contributed by atoms with van der Waals surface area (Å²) in [4.78, 5) is 0. The summed E-state index contributed by atoms with van der Waals surface area (Å²) >= 11 is 0. The minimum atomic E-state index is -4.50. The molecule has 4 heteroatoms. The Labute approximate surface area is 212 Å². The Morgan fingerprint density at radius 3 is 2.26 bits per heavy atom. The summed E-state index contributed by atoms with van der Waals surface area (Å²) in [6.45, 7) is 7.43. The average molecular weight is 497 g/mol. The second kappa shape index (κ2) is 9.49. The first kappa shape index (κ1) is 26.4. The van der Waals surface area contributed by atoms with Crippen LogP contribution in [0.15, 0.2) is 0 Å². The van der Waals surface area contributed by atoms with Crippen molar-refractivity contribution in [2.24, 2.45) is 52.3 Å². The van der Waals surface area contributed by atoms with Crippen molar-refractivity contribution in [2.75, 3.05) is 0 Å². The van der Waals surface area contributed by atoms with E-state index in [2.05, 4.69) is 20.8 Å². The molecule has 0 aromatic heterocycles. The summed E-state index contributed by atoms with van der Waals surface area (Å²) in [5.74, 6) is 4.63. The topological polar surface area (TPSA) is 20.2 Å². The van der Waals surface area contributed by atoms with Crippen LogP contribution in [0.1, 0.15) is 130 Å². The molecule has 5 rings (SSSR count). The molecule has 35 heavy (non-hydrogen) atoms. The Morgan fingerprint density at radius 2 is 1.54 bits per heavy atom. The first-order chi connectivity index (χ1) is 16.5. The van der Waals surface area contributed by atoms with E-state index in [1.54, 1.807) is 0 Å². The molecule has 5 saturated carbocycles. The number of halogens is 3. The predicted molar refractivity (Wildman–Crippen MR) is 136 cm³/mol. The molecule has 1 nitrogen and oxygen atoms in total. The molecule has 202 valence electrons. The number of rotatable bonds is 5. The predicted octanol–water partition coefficient (Wildman–Crippen LogP) is 9.33. The Kier molecular flexibility index (Phi) is 7.15. The summed E-state index contributed by atoms with van der Waals surface area (Å²) in [5, 5.41) is 10.5. The molecule has 5 fully saturated rings. The fourth-order valence-corrected chi connectivity index (χ4v) is 10.9. The highest BCUT2D eigenvalue weighted by Gasteiger charge is 2.65. The molecule has 0 unspecified atom stereocenters. The smallest absolute Gasteiger partial charge is 0.380 e. The average Bonchev–Trinajstić information content (AvgIpc) is 3.17. The van der Waals surface area contributed by atoms with Crippen LogP contribution in [-0.2, 0) is 0 Å². The zero-order chi connectivity index (χ0) is 25.1. The highest BCUT2D eigenvalue weighted by atomic mass is 19.4. The maximum absolute atomic E-state index is 13.6. The van der Waals surface area contributed by atoms with E-state index in [0.717, 1.165) is 36.5 Å². The monoisotopic (exact) mass is 496 g/mol. The zero-order valence-electron chi connectivity index (χ0n) is 22.6. The first-order valence-corrected chi connectivity index (χ1v) is 15.3. The van der Waals surface area contributed by atoms with Gasteiger partial charge in [0.2, 0.25) is 0 Å². The molecular weight excluding hydrogens is 445 g/mol. The molecule has 0 aromatic rings. The quantitative estimate of drug-likeness (QED) is 0.402. The minimum absolute atomic E-state index is 0.0180. The van der Waals surface area contributed by atoms with Crippen LogP contribution in [0.5, 0.6) is 0 Å². The van der Waals surface area contributed by atoms with Crippen LogP contribution in [0.2, 0.25) is 0 Å². The Bertz CT molecular complexity index is 744. The first-order valence-electron chi connectivity index (χ1n) is 15.3. The van der Waals surface area contributed by atoms with Crippen molar-refractivity contribution in [3.8, 4) is 0 Å². The number of aliphatic hydroxyl groups is 1. The van der Waals surface area contributed by atoms with Crippen molar-refractivity contribution in [1.82, 2.24) is 0 Å². The molecule has 5 aliphatic carbocycles. The molecule has 5 aliphatic rings. The van der Waals surface area contributed by atoms with Crippen LogP contribution in [0.25, 0.3) is 0 Å². The Hall–Kier alpha value is -0.250. The van der Waals surface area contributed by atoms with Crippen LogP contribution in [0.3, 0.4) is 0 Å². The van der Waals surface area contributed by atoms with Gasteiger partial charge in [-0.15, -0.1) is 0 Å². The van der Waals surface area contributed by atoms with Crippen molar-refractivity contribution >= 4 is 0 Å². The molecule has 0 bridgehead atoms. The number of fused-ring (bicyclic) bond motifs is 5. The van der Waals surface area contributed by atoms with Gasteiger partial charge in [0.1, 0.15) is 0 Å². The fraction of sp³-hybridized carbons (Fsp3) is 1.00. The van der Waals surface area contributed by atoms with Gasteiger partial charge < -0.3 is 5.11 Å². The molecule has 9 atom stereocenters. The van der Waals surface area contributed by atoms with Gasteiger partial charge in [-0.2, -0.15) is 13.2 Å². The number of alkyl halides is 3. The third kappa shape index (κ3) is 4.52. The van der Waals surface area contributed by atoms with Crippen LogP contribution >= 0.6 is 0 Å². The fourth-order valence-electron chi connectivity index (χ4n) is 10.9. The van der Waals surface area contributed by atoms with Gasteiger partial charge in [0.15, 0.2) is 5.60 Å². The van der Waals surface area contributed by atoms with Crippen LogP contribution in [-0.4, -0.2) is 16.9 Å². The van der Waals surface area contributed by atoms with Crippen molar-refractivity contribution in [1.29, 1.82) is 0 Å². The highest BCUT2D eigenvalue weighted by molar-refractivity contribution is 5.11. The molecule has 0 saturated heterocycles. The van der Waals surface area contributed by atoms with Crippen molar-refractivity contribution in [3.63, 3.8) is 0 Å². The summed E-state index contributed by atoms with van der Waals surface area (Å²) < 4.78 is 40.9. The lowest BCUT2D eigenvalue weighted by Gasteiger charge is -2.62. The van der Waals surface area contributed by atoms with E-state index in [4.69, 9.17) is 0 Å². The van der Waals surface area contributed by atoms with E-state index in [-0.39, 0.29) is 24.2 Å². The molecular formula is C31H51F3O. The van der Waals surface area contributed by atoms with Crippen LogP contribution < -0.4 is 0 Å². The van der Waals surface area contributed by atoms with Crippen LogP contribution in [0, 0.1) is 52.3 Å². The summed E-state index contributed by atoms with van der Waals surface area (Å²) in [6.07, 6.45) is 14.5. The van der Waals surface area contributed by atoms with E-state index in [9.17, 15) is 18.3 Å². The minimum Gasteiger partial charge on any atom is -0.380 e. The highest BCUT2D eigenvalue weighted by Crippen LogP contribution is 2.69. The van der Waals surface area contributed by atoms with Gasteiger partial charge in [0, 0.05) is 0 Å². The SMILES string of the molecule is C[C@H](CCCC1CCCCC1)[C@H]1CC[C@H]2[C@@H]3CC[C@H]4C[C@](O)(C(F)(F)F)CC[C@]4(C)[C@H]3CC[C@]12C. The van der Waals surface area contributed by atoms with E-state index in [0.29, 0.717) is 23.7 Å². The molecule has 0 aromatic carbocycles. The Morgan fingerprint density at radius 1 is 0.829 bits per heavy atom. The maximum Gasteiger partial charge on any atom is 0.417 e. The van der Waals surface area contributed by atoms with Gasteiger partial charge in [0.05, 0.1) is 0 Å². The lowest BCUT2D eigenvalue weighted by Crippen LogP contribution is -2.59. The van der Waals surface area contributed by atoms with Crippen LogP contribution in [0.4, 0.5) is 13.2 Å². The largest absolute Gasteiger partial charge is 0.417 e. The molecule has 0 aliphatic heterocycles. The number of hydrogen-bond acceptors (Lipinski definition) is 1. The zero-order valence-corrected chi connectivity index (χ0v) is 22.6. The maximum atomic E-state index is 13.6. The van der Waals surface area contributed by atoms with E-state index < -0.39 is 11.8 Å². The second-order valence-corrected chi connectivity index (χ2v) is 14.5. The van der Waals surface area contributed by atoms with E-state index in [1.165, 1.54) is 77.0 Å². The van der Waals surface area contributed by atoms with E-state index in [1.807, 2.05) is 0 Å². The third-order valence-corrected chi connectivity index (χ3v) is 13.0. The summed E-state index contributed by atoms with van der Waals surface area (Å²) in [7, 11) is 0. The van der Waals surface area contributed by atoms with Gasteiger partial charge in [-0.05, 0) is 110 Å².